The van der Waals surface area contributed by atoms with Gasteiger partial charge in [-0.3, -0.25) is 4.79 Å². The Morgan fingerprint density at radius 3 is 2.31 bits per heavy atom. The van der Waals surface area contributed by atoms with E-state index in [2.05, 4.69) is 5.32 Å². The molecular formula is C22H22Cl2N4O. The van der Waals surface area contributed by atoms with Gasteiger partial charge in [0.1, 0.15) is 5.69 Å². The monoisotopic (exact) mass is 428 g/mol. The lowest BCUT2D eigenvalue weighted by molar-refractivity contribution is 0.0782. The molecule has 0 radical (unpaired) electrons. The van der Waals surface area contributed by atoms with Crippen LogP contribution in [-0.2, 0) is 0 Å². The number of hydrogen-bond acceptors (Lipinski definition) is 3. The first-order valence-corrected chi connectivity index (χ1v) is 9.98. The number of likely N-dealkylation sites (tertiary alicyclic amines) is 1. The van der Waals surface area contributed by atoms with Gasteiger partial charge >= 0.3 is 0 Å². The number of para-hydroxylation sites is 1. The van der Waals surface area contributed by atoms with E-state index in [0.29, 0.717) is 28.1 Å². The summed E-state index contributed by atoms with van der Waals surface area (Å²) in [6.45, 7) is 3.63. The maximum absolute atomic E-state index is 13.4. The number of carbonyl (C=O) groups excluding carboxylic acids is 1. The van der Waals surface area contributed by atoms with E-state index in [-0.39, 0.29) is 18.3 Å². The Labute approximate surface area is 181 Å². The van der Waals surface area contributed by atoms with Crippen molar-refractivity contribution in [1.29, 1.82) is 0 Å². The van der Waals surface area contributed by atoms with Gasteiger partial charge in [0.15, 0.2) is 0 Å². The highest BCUT2D eigenvalue weighted by Crippen LogP contribution is 2.31. The zero-order valence-electron chi connectivity index (χ0n) is 15.8. The minimum absolute atomic E-state index is 0. The molecule has 0 spiro atoms. The fourth-order valence-electron chi connectivity index (χ4n) is 4.26. The molecule has 150 valence electrons. The molecule has 3 heterocycles. The van der Waals surface area contributed by atoms with E-state index in [9.17, 15) is 4.79 Å². The molecule has 1 amide bonds. The van der Waals surface area contributed by atoms with Gasteiger partial charge in [0.2, 0.25) is 0 Å². The first-order valence-electron chi connectivity index (χ1n) is 9.60. The lowest BCUT2D eigenvalue weighted by Gasteiger charge is -2.17. The molecule has 1 N–H and O–H groups in total. The standard InChI is InChI=1S/C22H21ClN4O.ClH/c23-18-8-6-15(7-9-18)21-20(14-27(25-21)19-4-2-1-3-5-19)22(28)26-12-16-10-24-11-17(16)13-26;/h1-9,14,16-17,24H,10-13H2;1H/t16-,17+;. The van der Waals surface area contributed by atoms with Crippen LogP contribution in [0.15, 0.2) is 60.8 Å². The molecule has 0 saturated carbocycles. The molecule has 2 saturated heterocycles. The van der Waals surface area contributed by atoms with Gasteiger partial charge in [0.05, 0.1) is 11.3 Å². The number of hydrogen-bond donors (Lipinski definition) is 1. The van der Waals surface area contributed by atoms with Crippen molar-refractivity contribution in [2.75, 3.05) is 26.2 Å². The van der Waals surface area contributed by atoms with Crippen LogP contribution >= 0.6 is 24.0 Å². The molecule has 1 aromatic heterocycles. The van der Waals surface area contributed by atoms with E-state index >= 15 is 0 Å². The first-order chi connectivity index (χ1) is 13.7. The van der Waals surface area contributed by atoms with E-state index in [4.69, 9.17) is 16.7 Å². The second-order valence-electron chi connectivity index (χ2n) is 7.57. The van der Waals surface area contributed by atoms with Crippen LogP contribution in [-0.4, -0.2) is 46.8 Å². The molecule has 0 bridgehead atoms. The van der Waals surface area contributed by atoms with E-state index < -0.39 is 0 Å². The van der Waals surface area contributed by atoms with Crippen molar-refractivity contribution in [3.05, 3.63) is 71.4 Å². The topological polar surface area (TPSA) is 50.2 Å². The number of nitrogens with zero attached hydrogens (tertiary/aromatic N) is 3. The molecule has 29 heavy (non-hydrogen) atoms. The molecular weight excluding hydrogens is 407 g/mol. The van der Waals surface area contributed by atoms with Crippen LogP contribution in [0.2, 0.25) is 5.02 Å². The summed E-state index contributed by atoms with van der Waals surface area (Å²) in [5, 5.41) is 8.85. The normalized spacial score (nSPS) is 20.4. The van der Waals surface area contributed by atoms with Gasteiger partial charge in [0, 0.05) is 43.0 Å². The maximum Gasteiger partial charge on any atom is 0.257 e. The minimum Gasteiger partial charge on any atom is -0.338 e. The molecule has 7 heteroatoms. The smallest absolute Gasteiger partial charge is 0.257 e. The highest BCUT2D eigenvalue weighted by atomic mass is 35.5. The second kappa shape index (κ2) is 8.19. The predicted octanol–water partition coefficient (Wildman–Crippen LogP) is 3.91. The fraction of sp³-hybridized carbons (Fsp3) is 0.273. The Kier molecular flexibility index (Phi) is 5.63. The van der Waals surface area contributed by atoms with E-state index in [1.807, 2.05) is 65.7 Å². The molecule has 5 nitrogen and oxygen atoms in total. The number of rotatable bonds is 3. The van der Waals surface area contributed by atoms with Gasteiger partial charge in [-0.25, -0.2) is 4.68 Å². The van der Waals surface area contributed by atoms with Crippen LogP contribution in [0.25, 0.3) is 16.9 Å². The number of amides is 1. The Balaban J connectivity index is 0.00000205. The van der Waals surface area contributed by atoms with Crippen LogP contribution in [0.4, 0.5) is 0 Å². The summed E-state index contributed by atoms with van der Waals surface area (Å²) in [7, 11) is 0. The predicted molar refractivity (Wildman–Crippen MR) is 117 cm³/mol. The Bertz CT molecular complexity index is 991. The zero-order chi connectivity index (χ0) is 19.1. The van der Waals surface area contributed by atoms with E-state index in [0.717, 1.165) is 37.4 Å². The van der Waals surface area contributed by atoms with E-state index in [1.54, 1.807) is 4.68 Å². The van der Waals surface area contributed by atoms with Crippen molar-refractivity contribution in [3.8, 4) is 16.9 Å². The molecule has 5 rings (SSSR count). The number of fused-ring (bicyclic) bond motifs is 1. The van der Waals surface area contributed by atoms with Crippen molar-refractivity contribution in [2.45, 2.75) is 0 Å². The SMILES string of the molecule is Cl.O=C(c1cn(-c2ccccc2)nc1-c1ccc(Cl)cc1)N1C[C@H]2CNC[C@H]2C1. The number of nitrogens with one attached hydrogen (secondary N) is 1. The van der Waals surface area contributed by atoms with Crippen LogP contribution < -0.4 is 5.32 Å². The highest BCUT2D eigenvalue weighted by Gasteiger charge is 2.39. The summed E-state index contributed by atoms with van der Waals surface area (Å²) >= 11 is 6.05. The molecule has 2 fully saturated rings. The molecule has 2 aliphatic rings. The number of carbonyl (C=O) groups is 1. The maximum atomic E-state index is 13.4. The summed E-state index contributed by atoms with van der Waals surface area (Å²) in [4.78, 5) is 15.4. The Morgan fingerprint density at radius 2 is 1.66 bits per heavy atom. The third-order valence-corrected chi connectivity index (χ3v) is 6.01. The zero-order valence-corrected chi connectivity index (χ0v) is 17.4. The van der Waals surface area contributed by atoms with Gasteiger partial charge in [-0.15, -0.1) is 12.4 Å². The van der Waals surface area contributed by atoms with Gasteiger partial charge in [-0.2, -0.15) is 5.10 Å². The summed E-state index contributed by atoms with van der Waals surface area (Å²) in [5.41, 5.74) is 3.16. The molecule has 2 aliphatic heterocycles. The minimum atomic E-state index is 0. The van der Waals surface area contributed by atoms with Crippen LogP contribution in [0.1, 0.15) is 10.4 Å². The van der Waals surface area contributed by atoms with Gasteiger partial charge in [0.25, 0.3) is 5.91 Å². The largest absolute Gasteiger partial charge is 0.338 e. The van der Waals surface area contributed by atoms with Gasteiger partial charge in [-0.1, -0.05) is 41.9 Å². The second-order valence-corrected chi connectivity index (χ2v) is 8.00. The molecule has 2 atom stereocenters. The summed E-state index contributed by atoms with van der Waals surface area (Å²) in [5.74, 6) is 1.18. The first kappa shape index (κ1) is 20.0. The molecule has 0 aliphatic carbocycles. The Morgan fingerprint density at radius 1 is 1.00 bits per heavy atom. The Hall–Kier alpha value is -2.34. The van der Waals surface area contributed by atoms with Gasteiger partial charge < -0.3 is 10.2 Å². The molecule has 2 aromatic carbocycles. The summed E-state index contributed by atoms with van der Waals surface area (Å²) in [6, 6.07) is 17.4. The van der Waals surface area contributed by atoms with Crippen molar-refractivity contribution in [1.82, 2.24) is 20.0 Å². The van der Waals surface area contributed by atoms with E-state index in [1.165, 1.54) is 0 Å². The quantitative estimate of drug-likeness (QED) is 0.687. The van der Waals surface area contributed by atoms with Gasteiger partial charge in [-0.05, 0) is 36.1 Å². The summed E-state index contributed by atoms with van der Waals surface area (Å²) in [6.07, 6.45) is 1.86. The van der Waals surface area contributed by atoms with Crippen LogP contribution in [0, 0.1) is 11.8 Å². The third-order valence-electron chi connectivity index (χ3n) is 5.76. The number of aromatic nitrogens is 2. The number of halogens is 2. The van der Waals surface area contributed by atoms with Crippen molar-refractivity contribution in [2.24, 2.45) is 11.8 Å². The van der Waals surface area contributed by atoms with Crippen LogP contribution in [0.3, 0.4) is 0 Å². The summed E-state index contributed by atoms with van der Waals surface area (Å²) < 4.78 is 1.79. The van der Waals surface area contributed by atoms with Crippen molar-refractivity contribution in [3.63, 3.8) is 0 Å². The van der Waals surface area contributed by atoms with Crippen LogP contribution in [0.5, 0.6) is 0 Å². The lowest BCUT2D eigenvalue weighted by Crippen LogP contribution is -2.32. The average Bonchev–Trinajstić information content (AvgIpc) is 3.43. The van der Waals surface area contributed by atoms with Crippen molar-refractivity contribution < 1.29 is 4.79 Å². The van der Waals surface area contributed by atoms with Crippen molar-refractivity contribution >= 4 is 29.9 Å². The fourth-order valence-corrected chi connectivity index (χ4v) is 4.38. The average molecular weight is 429 g/mol. The molecule has 3 aromatic rings. The lowest BCUT2D eigenvalue weighted by atomic mass is 10.0. The highest BCUT2D eigenvalue weighted by molar-refractivity contribution is 6.30. The molecule has 0 unspecified atom stereocenters. The third kappa shape index (κ3) is 3.78. The number of benzene rings is 2.